The Labute approximate surface area is 97.4 Å². The number of carbonyl (C=O) groups is 1. The van der Waals surface area contributed by atoms with Crippen LogP contribution in [0.5, 0.6) is 0 Å². The fraction of sp³-hybridized carbons (Fsp3) is 0.923. The highest BCUT2D eigenvalue weighted by Crippen LogP contribution is 2.50. The second-order valence-electron chi connectivity index (χ2n) is 5.35. The van der Waals surface area contributed by atoms with Gasteiger partial charge >= 0.3 is 0 Å². The Balaban J connectivity index is 2.17. The summed E-state index contributed by atoms with van der Waals surface area (Å²) in [5.74, 6) is 1.76. The molecule has 1 atom stereocenters. The first-order valence-corrected chi connectivity index (χ1v) is 7.30. The Morgan fingerprint density at radius 1 is 1.20 bits per heavy atom. The van der Waals surface area contributed by atoms with Crippen molar-refractivity contribution in [2.24, 2.45) is 5.41 Å². The van der Waals surface area contributed by atoms with Crippen LogP contribution >= 0.6 is 11.8 Å². The first kappa shape index (κ1) is 11.5. The van der Waals surface area contributed by atoms with Gasteiger partial charge in [0.15, 0.2) is 5.78 Å². The fourth-order valence-corrected chi connectivity index (χ4v) is 4.69. The van der Waals surface area contributed by atoms with Crippen LogP contribution in [0.15, 0.2) is 0 Å². The van der Waals surface area contributed by atoms with Gasteiger partial charge in [0.1, 0.15) is 0 Å². The molecule has 2 aliphatic rings. The minimum atomic E-state index is -0.0413. The molecule has 1 saturated heterocycles. The monoisotopic (exact) mass is 226 g/mol. The van der Waals surface area contributed by atoms with Gasteiger partial charge in [0.2, 0.25) is 0 Å². The van der Waals surface area contributed by atoms with E-state index in [9.17, 15) is 4.79 Å². The molecule has 15 heavy (non-hydrogen) atoms. The molecule has 0 aromatic carbocycles. The van der Waals surface area contributed by atoms with Crippen LogP contribution in [0.2, 0.25) is 0 Å². The van der Waals surface area contributed by atoms with E-state index in [0.29, 0.717) is 5.78 Å². The summed E-state index contributed by atoms with van der Waals surface area (Å²) in [4.78, 5) is 12.7. The van der Waals surface area contributed by atoms with Crippen LogP contribution in [0.25, 0.3) is 0 Å². The maximum atomic E-state index is 12.7. The van der Waals surface area contributed by atoms with Gasteiger partial charge in [-0.25, -0.2) is 0 Å². The molecule has 2 fully saturated rings. The van der Waals surface area contributed by atoms with Crippen molar-refractivity contribution < 1.29 is 4.79 Å². The highest BCUT2D eigenvalue weighted by Gasteiger charge is 2.49. The van der Waals surface area contributed by atoms with Crippen LogP contribution < -0.4 is 0 Å². The zero-order valence-corrected chi connectivity index (χ0v) is 10.8. The SMILES string of the molecule is CCC1(C(=O)C2(C)CCCS2)CCCC1. The maximum absolute atomic E-state index is 12.7. The average Bonchev–Trinajstić information content (AvgIpc) is 2.87. The van der Waals surface area contributed by atoms with Crippen molar-refractivity contribution in [3.63, 3.8) is 0 Å². The van der Waals surface area contributed by atoms with Gasteiger partial charge in [-0.15, -0.1) is 11.8 Å². The summed E-state index contributed by atoms with van der Waals surface area (Å²) < 4.78 is -0.0413. The molecule has 1 aliphatic heterocycles. The number of thioether (sulfide) groups is 1. The predicted octanol–water partition coefficient (Wildman–Crippen LogP) is 3.81. The van der Waals surface area contributed by atoms with E-state index in [1.807, 2.05) is 11.8 Å². The van der Waals surface area contributed by atoms with Crippen molar-refractivity contribution in [2.45, 2.75) is 63.5 Å². The third kappa shape index (κ3) is 1.86. The van der Waals surface area contributed by atoms with Crippen molar-refractivity contribution in [3.8, 4) is 0 Å². The molecule has 86 valence electrons. The van der Waals surface area contributed by atoms with Gasteiger partial charge in [-0.3, -0.25) is 4.79 Å². The predicted molar refractivity (Wildman–Crippen MR) is 66.3 cm³/mol. The van der Waals surface area contributed by atoms with Gasteiger partial charge < -0.3 is 0 Å². The van der Waals surface area contributed by atoms with Crippen LogP contribution in [0.1, 0.15) is 58.8 Å². The van der Waals surface area contributed by atoms with Crippen LogP contribution in [0.3, 0.4) is 0 Å². The topological polar surface area (TPSA) is 17.1 Å². The zero-order valence-electron chi connectivity index (χ0n) is 9.97. The van der Waals surface area contributed by atoms with Crippen LogP contribution in [-0.2, 0) is 4.79 Å². The van der Waals surface area contributed by atoms with Gasteiger partial charge in [-0.05, 0) is 44.8 Å². The Bertz CT molecular complexity index is 247. The van der Waals surface area contributed by atoms with E-state index in [1.165, 1.54) is 25.0 Å². The second kappa shape index (κ2) is 4.12. The number of hydrogen-bond acceptors (Lipinski definition) is 2. The molecule has 1 aliphatic carbocycles. The minimum absolute atomic E-state index is 0.0413. The van der Waals surface area contributed by atoms with Gasteiger partial charge in [-0.1, -0.05) is 19.8 Å². The number of ketones is 1. The first-order chi connectivity index (χ1) is 7.13. The van der Waals surface area contributed by atoms with Gasteiger partial charge in [-0.2, -0.15) is 0 Å². The third-order valence-corrected chi connectivity index (χ3v) is 5.94. The molecule has 1 saturated carbocycles. The summed E-state index contributed by atoms with van der Waals surface area (Å²) in [5, 5.41) is 0. The largest absolute Gasteiger partial charge is 0.298 e. The average molecular weight is 226 g/mol. The smallest absolute Gasteiger partial charge is 0.154 e. The van der Waals surface area contributed by atoms with Crippen LogP contribution in [0.4, 0.5) is 0 Å². The van der Waals surface area contributed by atoms with Crippen LogP contribution in [0, 0.1) is 5.41 Å². The molecule has 0 spiro atoms. The highest BCUT2D eigenvalue weighted by atomic mass is 32.2. The van der Waals surface area contributed by atoms with Gasteiger partial charge in [0.25, 0.3) is 0 Å². The normalized spacial score (nSPS) is 34.5. The standard InChI is InChI=1S/C13H22OS/c1-3-13(8-4-5-9-13)11(14)12(2)7-6-10-15-12/h3-10H2,1-2H3. The lowest BCUT2D eigenvalue weighted by atomic mass is 9.73. The van der Waals surface area contributed by atoms with E-state index >= 15 is 0 Å². The molecule has 0 aromatic heterocycles. The lowest BCUT2D eigenvalue weighted by Gasteiger charge is -2.34. The molecule has 0 N–H and O–H groups in total. The third-order valence-electron chi connectivity index (χ3n) is 4.42. The summed E-state index contributed by atoms with van der Waals surface area (Å²) in [6.45, 7) is 4.38. The Morgan fingerprint density at radius 3 is 2.33 bits per heavy atom. The quantitative estimate of drug-likeness (QED) is 0.728. The fourth-order valence-electron chi connectivity index (χ4n) is 3.31. The first-order valence-electron chi connectivity index (χ1n) is 6.32. The Kier molecular flexibility index (Phi) is 3.16. The molecule has 0 radical (unpaired) electrons. The maximum Gasteiger partial charge on any atom is 0.154 e. The minimum Gasteiger partial charge on any atom is -0.298 e. The van der Waals surface area contributed by atoms with Crippen molar-refractivity contribution in [3.05, 3.63) is 0 Å². The molecule has 2 heteroatoms. The van der Waals surface area contributed by atoms with E-state index in [-0.39, 0.29) is 10.2 Å². The lowest BCUT2D eigenvalue weighted by molar-refractivity contribution is -0.130. The van der Waals surface area contributed by atoms with E-state index in [4.69, 9.17) is 0 Å². The molecule has 0 bridgehead atoms. The zero-order chi connectivity index (χ0) is 10.9. The van der Waals surface area contributed by atoms with Gasteiger partial charge in [0, 0.05) is 5.41 Å². The molecule has 0 amide bonds. The summed E-state index contributed by atoms with van der Waals surface area (Å²) in [6, 6.07) is 0. The van der Waals surface area contributed by atoms with E-state index in [0.717, 1.165) is 25.7 Å². The van der Waals surface area contributed by atoms with Crippen LogP contribution in [-0.4, -0.2) is 16.3 Å². The summed E-state index contributed by atoms with van der Waals surface area (Å²) >= 11 is 1.90. The highest BCUT2D eigenvalue weighted by molar-refractivity contribution is 8.01. The van der Waals surface area contributed by atoms with E-state index < -0.39 is 0 Å². The molecular weight excluding hydrogens is 204 g/mol. The molecule has 2 rings (SSSR count). The molecular formula is C13H22OS. The summed E-state index contributed by atoms with van der Waals surface area (Å²) in [5.41, 5.74) is 0.0616. The number of rotatable bonds is 3. The Hall–Kier alpha value is 0.0200. The van der Waals surface area contributed by atoms with Crippen molar-refractivity contribution in [2.75, 3.05) is 5.75 Å². The summed E-state index contributed by atoms with van der Waals surface area (Å²) in [7, 11) is 0. The lowest BCUT2D eigenvalue weighted by Crippen LogP contribution is -2.41. The van der Waals surface area contributed by atoms with E-state index in [2.05, 4.69) is 13.8 Å². The van der Waals surface area contributed by atoms with Crippen molar-refractivity contribution >= 4 is 17.5 Å². The molecule has 1 heterocycles. The van der Waals surface area contributed by atoms with Crippen molar-refractivity contribution in [1.82, 2.24) is 0 Å². The van der Waals surface area contributed by atoms with Gasteiger partial charge in [0.05, 0.1) is 4.75 Å². The van der Waals surface area contributed by atoms with E-state index in [1.54, 1.807) is 0 Å². The number of hydrogen-bond donors (Lipinski definition) is 0. The Morgan fingerprint density at radius 2 is 1.87 bits per heavy atom. The van der Waals surface area contributed by atoms with Crippen molar-refractivity contribution in [1.29, 1.82) is 0 Å². The number of carbonyl (C=O) groups excluding carboxylic acids is 1. The second-order valence-corrected chi connectivity index (χ2v) is 6.95. The molecule has 1 unspecified atom stereocenters. The molecule has 0 aromatic rings. The number of Topliss-reactive ketones (excluding diaryl/α,β-unsaturated/α-hetero) is 1. The molecule has 1 nitrogen and oxygen atoms in total. The summed E-state index contributed by atoms with van der Waals surface area (Å²) in [6.07, 6.45) is 8.23.